The van der Waals surface area contributed by atoms with Crippen molar-refractivity contribution < 1.29 is 0 Å². The summed E-state index contributed by atoms with van der Waals surface area (Å²) in [4.78, 5) is 12.4. The van der Waals surface area contributed by atoms with Gasteiger partial charge in [0, 0.05) is 18.7 Å². The highest BCUT2D eigenvalue weighted by Crippen LogP contribution is 2.18. The minimum atomic E-state index is 0.0255. The molecule has 0 radical (unpaired) electrons. The Morgan fingerprint density at radius 2 is 1.79 bits per heavy atom. The van der Waals surface area contributed by atoms with E-state index in [0.29, 0.717) is 18.0 Å². The Kier molecular flexibility index (Phi) is 4.17. The van der Waals surface area contributed by atoms with Crippen molar-refractivity contribution in [3.8, 4) is 11.3 Å². The molecule has 0 aliphatic carbocycles. The van der Waals surface area contributed by atoms with Crippen LogP contribution in [0.5, 0.6) is 0 Å². The van der Waals surface area contributed by atoms with Crippen LogP contribution in [0.4, 0.5) is 0 Å². The highest BCUT2D eigenvalue weighted by atomic mass is 16.1. The summed E-state index contributed by atoms with van der Waals surface area (Å²) in [7, 11) is 0. The largest absolute Gasteiger partial charge is 0.326 e. The lowest BCUT2D eigenvalue weighted by Gasteiger charge is -2.16. The summed E-state index contributed by atoms with van der Waals surface area (Å²) in [6.45, 7) is 5.20. The molecule has 19 heavy (non-hydrogen) atoms. The minimum absolute atomic E-state index is 0.0255. The van der Waals surface area contributed by atoms with Crippen molar-refractivity contribution in [3.63, 3.8) is 0 Å². The molecule has 3 nitrogen and oxygen atoms in total. The van der Waals surface area contributed by atoms with E-state index in [1.165, 1.54) is 0 Å². The van der Waals surface area contributed by atoms with Crippen LogP contribution in [0.2, 0.25) is 0 Å². The molecule has 0 amide bonds. The molecular weight excluding hydrogens is 236 g/mol. The maximum absolute atomic E-state index is 12.4. The first-order valence-electron chi connectivity index (χ1n) is 6.61. The van der Waals surface area contributed by atoms with Crippen molar-refractivity contribution in [2.24, 2.45) is 11.7 Å². The second kappa shape index (κ2) is 5.85. The third kappa shape index (κ3) is 2.93. The average Bonchev–Trinajstić information content (AvgIpc) is 2.41. The average molecular weight is 256 g/mol. The van der Waals surface area contributed by atoms with E-state index < -0.39 is 0 Å². The molecule has 0 unspecified atom stereocenters. The molecule has 2 rings (SSSR count). The van der Waals surface area contributed by atoms with Gasteiger partial charge in [-0.05, 0) is 17.5 Å². The fourth-order valence-electron chi connectivity index (χ4n) is 2.19. The molecule has 100 valence electrons. The van der Waals surface area contributed by atoms with Crippen LogP contribution in [0.3, 0.4) is 0 Å². The van der Waals surface area contributed by atoms with Gasteiger partial charge in [0.1, 0.15) is 0 Å². The van der Waals surface area contributed by atoms with Gasteiger partial charge < -0.3 is 10.3 Å². The normalized spacial score (nSPS) is 10.9. The van der Waals surface area contributed by atoms with Crippen molar-refractivity contribution in [3.05, 3.63) is 58.4 Å². The third-order valence-electron chi connectivity index (χ3n) is 3.09. The minimum Gasteiger partial charge on any atom is -0.326 e. The molecule has 0 aliphatic heterocycles. The highest BCUT2D eigenvalue weighted by Gasteiger charge is 2.10. The smallest absolute Gasteiger partial charge is 0.255 e. The molecule has 1 aromatic carbocycles. The third-order valence-corrected chi connectivity index (χ3v) is 3.09. The van der Waals surface area contributed by atoms with Gasteiger partial charge in [0.05, 0.1) is 5.69 Å². The van der Waals surface area contributed by atoms with E-state index in [9.17, 15) is 4.79 Å². The topological polar surface area (TPSA) is 48.0 Å². The number of aromatic nitrogens is 1. The number of hydrogen-bond donors (Lipinski definition) is 1. The molecule has 1 heterocycles. The molecule has 1 aromatic heterocycles. The Morgan fingerprint density at radius 3 is 2.37 bits per heavy atom. The molecule has 0 aliphatic rings. The lowest BCUT2D eigenvalue weighted by atomic mass is 10.1. The van der Waals surface area contributed by atoms with E-state index in [1.54, 1.807) is 0 Å². The molecule has 2 N–H and O–H groups in total. The number of nitrogens with two attached hydrogens (primary N) is 1. The quantitative estimate of drug-likeness (QED) is 0.914. The lowest BCUT2D eigenvalue weighted by Crippen LogP contribution is -2.28. The molecule has 0 fully saturated rings. The predicted octanol–water partition coefficient (Wildman–Crippen LogP) is 2.63. The zero-order valence-corrected chi connectivity index (χ0v) is 11.5. The van der Waals surface area contributed by atoms with Crippen LogP contribution in [-0.4, -0.2) is 4.57 Å². The van der Waals surface area contributed by atoms with E-state index in [0.717, 1.165) is 11.3 Å². The van der Waals surface area contributed by atoms with Crippen LogP contribution in [0.15, 0.2) is 47.3 Å². The van der Waals surface area contributed by atoms with Crippen molar-refractivity contribution in [1.29, 1.82) is 0 Å². The van der Waals surface area contributed by atoms with Gasteiger partial charge in [-0.1, -0.05) is 50.2 Å². The number of rotatable bonds is 4. The van der Waals surface area contributed by atoms with Gasteiger partial charge in [-0.15, -0.1) is 0 Å². The molecule has 3 heteroatoms. The Bertz CT molecular complexity index is 600. The van der Waals surface area contributed by atoms with Crippen LogP contribution in [0.1, 0.15) is 19.4 Å². The summed E-state index contributed by atoms with van der Waals surface area (Å²) in [5.41, 5.74) is 8.33. The van der Waals surface area contributed by atoms with Crippen molar-refractivity contribution in [2.45, 2.75) is 26.9 Å². The first kappa shape index (κ1) is 13.6. The Labute approximate surface area is 113 Å². The lowest BCUT2D eigenvalue weighted by molar-refractivity contribution is 0.512. The van der Waals surface area contributed by atoms with Gasteiger partial charge >= 0.3 is 0 Å². The standard InChI is InChI=1S/C16H20N2O/c1-12(2)11-18-15(13-6-4-3-5-7-13)9-8-14(10-17)16(18)19/h3-9,12H,10-11,17H2,1-2H3. The zero-order chi connectivity index (χ0) is 13.8. The molecule has 0 saturated heterocycles. The number of hydrogen-bond acceptors (Lipinski definition) is 2. The Morgan fingerprint density at radius 1 is 1.11 bits per heavy atom. The molecule has 2 aromatic rings. The van der Waals surface area contributed by atoms with E-state index in [1.807, 2.05) is 47.0 Å². The van der Waals surface area contributed by atoms with Crippen LogP contribution in [0, 0.1) is 5.92 Å². The van der Waals surface area contributed by atoms with Gasteiger partial charge in [0.15, 0.2) is 0 Å². The van der Waals surface area contributed by atoms with E-state index in [2.05, 4.69) is 13.8 Å². The number of nitrogens with zero attached hydrogens (tertiary/aromatic N) is 1. The van der Waals surface area contributed by atoms with E-state index in [-0.39, 0.29) is 12.1 Å². The SMILES string of the molecule is CC(C)Cn1c(-c2ccccc2)ccc(CN)c1=O. The van der Waals surface area contributed by atoms with Crippen molar-refractivity contribution in [2.75, 3.05) is 0 Å². The van der Waals surface area contributed by atoms with Crippen molar-refractivity contribution in [1.82, 2.24) is 4.57 Å². The summed E-state index contributed by atoms with van der Waals surface area (Å²) >= 11 is 0. The van der Waals surface area contributed by atoms with Crippen LogP contribution in [0.25, 0.3) is 11.3 Å². The number of pyridine rings is 1. The molecular formula is C16H20N2O. The maximum Gasteiger partial charge on any atom is 0.255 e. The first-order chi connectivity index (χ1) is 9.13. The Hall–Kier alpha value is -1.87. The Balaban J connectivity index is 2.61. The van der Waals surface area contributed by atoms with Gasteiger partial charge in [-0.25, -0.2) is 0 Å². The highest BCUT2D eigenvalue weighted by molar-refractivity contribution is 5.59. The fraction of sp³-hybridized carbons (Fsp3) is 0.312. The van der Waals surface area contributed by atoms with Gasteiger partial charge in [0.2, 0.25) is 0 Å². The molecule has 0 bridgehead atoms. The predicted molar refractivity (Wildman–Crippen MR) is 78.9 cm³/mol. The van der Waals surface area contributed by atoms with Gasteiger partial charge in [0.25, 0.3) is 5.56 Å². The summed E-state index contributed by atoms with van der Waals surface area (Å²) in [6, 6.07) is 13.8. The zero-order valence-electron chi connectivity index (χ0n) is 11.5. The van der Waals surface area contributed by atoms with Gasteiger partial charge in [-0.3, -0.25) is 4.79 Å². The monoisotopic (exact) mass is 256 g/mol. The summed E-state index contributed by atoms with van der Waals surface area (Å²) < 4.78 is 1.84. The second-order valence-corrected chi connectivity index (χ2v) is 5.12. The molecule has 0 spiro atoms. The first-order valence-corrected chi connectivity index (χ1v) is 6.61. The van der Waals surface area contributed by atoms with Crippen LogP contribution in [-0.2, 0) is 13.1 Å². The summed E-state index contributed by atoms with van der Waals surface area (Å²) in [5.74, 6) is 0.410. The number of benzene rings is 1. The van der Waals surface area contributed by atoms with Crippen LogP contribution >= 0.6 is 0 Å². The summed E-state index contributed by atoms with van der Waals surface area (Å²) in [6.07, 6.45) is 0. The van der Waals surface area contributed by atoms with E-state index >= 15 is 0 Å². The van der Waals surface area contributed by atoms with E-state index in [4.69, 9.17) is 5.73 Å². The van der Waals surface area contributed by atoms with Gasteiger partial charge in [-0.2, -0.15) is 0 Å². The van der Waals surface area contributed by atoms with Crippen molar-refractivity contribution >= 4 is 0 Å². The maximum atomic E-state index is 12.4. The summed E-state index contributed by atoms with van der Waals surface area (Å²) in [5, 5.41) is 0. The second-order valence-electron chi connectivity index (χ2n) is 5.12. The van der Waals surface area contributed by atoms with Crippen LogP contribution < -0.4 is 11.3 Å². The fourth-order valence-corrected chi connectivity index (χ4v) is 2.19. The molecule has 0 atom stereocenters. The molecule has 0 saturated carbocycles.